The van der Waals surface area contributed by atoms with Crippen molar-refractivity contribution in [1.29, 1.82) is 0 Å². The fraction of sp³-hybridized carbons (Fsp3) is 0.182. The first kappa shape index (κ1) is 14.1. The number of hydrogen-bond acceptors (Lipinski definition) is 2. The summed E-state index contributed by atoms with van der Waals surface area (Å²) in [5.41, 5.74) is -0.136. The minimum absolute atomic E-state index is 0.150. The van der Waals surface area contributed by atoms with Gasteiger partial charge in [0.25, 0.3) is 5.76 Å². The molecule has 0 spiro atoms. The molecule has 0 aliphatic rings. The van der Waals surface area contributed by atoms with Crippen molar-refractivity contribution in [2.75, 3.05) is 0 Å². The summed E-state index contributed by atoms with van der Waals surface area (Å²) in [6.07, 6.45) is -4.79. The summed E-state index contributed by atoms with van der Waals surface area (Å²) in [6, 6.07) is 2.23. The van der Waals surface area contributed by atoms with Gasteiger partial charge in [-0.3, -0.25) is 0 Å². The van der Waals surface area contributed by atoms with Gasteiger partial charge in [-0.2, -0.15) is 13.2 Å². The molecule has 0 aliphatic carbocycles. The van der Waals surface area contributed by atoms with Gasteiger partial charge in [-0.1, -0.05) is 28.4 Å². The molecule has 2 nitrogen and oxygen atoms in total. The normalized spacial score (nSPS) is 11.9. The Kier molecular flexibility index (Phi) is 3.49. The number of aryl methyl sites for hydroxylation is 1. The van der Waals surface area contributed by atoms with Crippen molar-refractivity contribution in [2.24, 2.45) is 0 Å². The number of aromatic nitrogens is 1. The van der Waals surface area contributed by atoms with Crippen LogP contribution < -0.4 is 0 Å². The smallest absolute Gasteiger partial charge is 0.349 e. The molecule has 8 heteroatoms. The average Bonchev–Trinajstić information content (AvgIpc) is 2.65. The van der Waals surface area contributed by atoms with Gasteiger partial charge in [0.2, 0.25) is 0 Å². The second-order valence-corrected chi connectivity index (χ2v) is 4.54. The van der Waals surface area contributed by atoms with Crippen LogP contribution in [0.1, 0.15) is 11.3 Å². The lowest BCUT2D eigenvalue weighted by atomic mass is 10.1. The molecule has 0 aliphatic heterocycles. The molecule has 0 fully saturated rings. The first-order chi connectivity index (χ1) is 8.71. The van der Waals surface area contributed by atoms with E-state index in [-0.39, 0.29) is 10.6 Å². The Balaban J connectivity index is 2.61. The zero-order valence-corrected chi connectivity index (χ0v) is 10.8. The molecular weight excluding hydrogens is 309 g/mol. The van der Waals surface area contributed by atoms with Crippen LogP contribution >= 0.6 is 23.2 Å². The number of rotatable bonds is 1. The first-order valence-electron chi connectivity index (χ1n) is 4.90. The molecule has 102 valence electrons. The SMILES string of the molecule is Cc1cc(-c2noc(C(F)(F)F)c2Cl)c(F)cc1Cl. The molecule has 0 saturated heterocycles. The number of halogens is 6. The van der Waals surface area contributed by atoms with Crippen LogP contribution in [0.2, 0.25) is 10.0 Å². The minimum atomic E-state index is -4.79. The molecule has 19 heavy (non-hydrogen) atoms. The van der Waals surface area contributed by atoms with Crippen molar-refractivity contribution in [1.82, 2.24) is 5.16 Å². The van der Waals surface area contributed by atoms with Crippen molar-refractivity contribution in [3.8, 4) is 11.3 Å². The molecule has 2 rings (SSSR count). The fourth-order valence-corrected chi connectivity index (χ4v) is 1.89. The summed E-state index contributed by atoms with van der Waals surface area (Å²) in [5, 5.41) is 2.54. The van der Waals surface area contributed by atoms with E-state index >= 15 is 0 Å². The monoisotopic (exact) mass is 313 g/mol. The van der Waals surface area contributed by atoms with Crippen molar-refractivity contribution < 1.29 is 22.1 Å². The molecule has 0 bridgehead atoms. The van der Waals surface area contributed by atoms with Gasteiger partial charge < -0.3 is 4.52 Å². The summed E-state index contributed by atoms with van der Waals surface area (Å²) < 4.78 is 55.3. The van der Waals surface area contributed by atoms with E-state index in [0.29, 0.717) is 5.56 Å². The second kappa shape index (κ2) is 4.68. The van der Waals surface area contributed by atoms with Crippen LogP contribution in [0.3, 0.4) is 0 Å². The zero-order chi connectivity index (χ0) is 14.4. The molecule has 0 radical (unpaired) electrons. The molecule has 1 aromatic carbocycles. The quantitative estimate of drug-likeness (QED) is 0.683. The molecule has 1 aromatic heterocycles. The number of nitrogens with zero attached hydrogens (tertiary/aromatic N) is 1. The Bertz CT molecular complexity index is 636. The third kappa shape index (κ3) is 2.55. The van der Waals surface area contributed by atoms with Crippen LogP contribution in [-0.4, -0.2) is 5.16 Å². The Morgan fingerprint density at radius 1 is 1.21 bits per heavy atom. The van der Waals surface area contributed by atoms with E-state index in [0.717, 1.165) is 6.07 Å². The van der Waals surface area contributed by atoms with Crippen molar-refractivity contribution in [3.05, 3.63) is 39.3 Å². The maximum atomic E-state index is 13.7. The topological polar surface area (TPSA) is 26.0 Å². The highest BCUT2D eigenvalue weighted by Gasteiger charge is 2.40. The predicted molar refractivity (Wildman–Crippen MR) is 61.7 cm³/mol. The van der Waals surface area contributed by atoms with Gasteiger partial charge in [0, 0.05) is 10.6 Å². The highest BCUT2D eigenvalue weighted by Crippen LogP contribution is 2.40. The standard InChI is InChI=1S/C11H5Cl2F4NO/c1-4-2-5(7(14)3-6(4)12)9-8(13)10(19-18-9)11(15,16)17/h2-3H,1H3. The van der Waals surface area contributed by atoms with Gasteiger partial charge in [0.15, 0.2) is 0 Å². The molecule has 0 N–H and O–H groups in total. The van der Waals surface area contributed by atoms with Crippen molar-refractivity contribution >= 4 is 23.2 Å². The second-order valence-electron chi connectivity index (χ2n) is 3.75. The minimum Gasteiger partial charge on any atom is -0.349 e. The highest BCUT2D eigenvalue weighted by molar-refractivity contribution is 6.34. The van der Waals surface area contributed by atoms with Gasteiger partial charge in [-0.05, 0) is 24.6 Å². The summed E-state index contributed by atoms with van der Waals surface area (Å²) >= 11 is 11.2. The van der Waals surface area contributed by atoms with Crippen molar-refractivity contribution in [3.63, 3.8) is 0 Å². The van der Waals surface area contributed by atoms with Crippen LogP contribution in [0.4, 0.5) is 17.6 Å². The summed E-state index contributed by atoms with van der Waals surface area (Å²) in [6.45, 7) is 1.57. The number of alkyl halides is 3. The van der Waals surface area contributed by atoms with Crippen LogP contribution in [0.5, 0.6) is 0 Å². The maximum absolute atomic E-state index is 13.7. The van der Waals surface area contributed by atoms with E-state index in [1.165, 1.54) is 6.07 Å². The van der Waals surface area contributed by atoms with Gasteiger partial charge >= 0.3 is 6.18 Å². The van der Waals surface area contributed by atoms with Gasteiger partial charge in [0.1, 0.15) is 16.5 Å². The lowest BCUT2D eigenvalue weighted by molar-refractivity contribution is -0.155. The Morgan fingerprint density at radius 2 is 1.84 bits per heavy atom. The molecule has 1 heterocycles. The number of hydrogen-bond donors (Lipinski definition) is 0. The number of benzene rings is 1. The molecule has 0 amide bonds. The third-order valence-corrected chi connectivity index (χ3v) is 3.15. The van der Waals surface area contributed by atoms with E-state index in [2.05, 4.69) is 9.68 Å². The predicted octanol–water partition coefficient (Wildman–Crippen LogP) is 5.11. The van der Waals surface area contributed by atoms with Crippen LogP contribution in [0.15, 0.2) is 16.7 Å². The largest absolute Gasteiger partial charge is 0.453 e. The summed E-state index contributed by atoms with van der Waals surface area (Å²) in [4.78, 5) is 0. The Hall–Kier alpha value is -1.27. The van der Waals surface area contributed by atoms with E-state index in [1.54, 1.807) is 6.92 Å². The molecule has 2 aromatic rings. The van der Waals surface area contributed by atoms with Crippen LogP contribution in [0, 0.1) is 12.7 Å². The molecular formula is C11H5Cl2F4NO. The highest BCUT2D eigenvalue weighted by atomic mass is 35.5. The molecule has 0 saturated carbocycles. The van der Waals surface area contributed by atoms with Crippen LogP contribution in [0.25, 0.3) is 11.3 Å². The molecule has 0 unspecified atom stereocenters. The first-order valence-corrected chi connectivity index (χ1v) is 5.65. The zero-order valence-electron chi connectivity index (χ0n) is 9.28. The maximum Gasteiger partial charge on any atom is 0.453 e. The van der Waals surface area contributed by atoms with Gasteiger partial charge in [-0.15, -0.1) is 0 Å². The average molecular weight is 314 g/mol. The van der Waals surface area contributed by atoms with Gasteiger partial charge in [0.05, 0.1) is 0 Å². The van der Waals surface area contributed by atoms with Gasteiger partial charge in [-0.25, -0.2) is 4.39 Å². The summed E-state index contributed by atoms with van der Waals surface area (Å²) in [5.74, 6) is -2.30. The van der Waals surface area contributed by atoms with E-state index < -0.39 is 28.5 Å². The summed E-state index contributed by atoms with van der Waals surface area (Å²) in [7, 11) is 0. The third-order valence-electron chi connectivity index (χ3n) is 2.40. The van der Waals surface area contributed by atoms with E-state index in [9.17, 15) is 17.6 Å². The van der Waals surface area contributed by atoms with Crippen LogP contribution in [-0.2, 0) is 6.18 Å². The Labute approximate surface area is 114 Å². The van der Waals surface area contributed by atoms with E-state index in [4.69, 9.17) is 23.2 Å². The van der Waals surface area contributed by atoms with E-state index in [1.807, 2.05) is 0 Å². The van der Waals surface area contributed by atoms with Crippen molar-refractivity contribution in [2.45, 2.75) is 13.1 Å². The lowest BCUT2D eigenvalue weighted by Crippen LogP contribution is -2.03. The fourth-order valence-electron chi connectivity index (χ4n) is 1.46. The lowest BCUT2D eigenvalue weighted by Gasteiger charge is -2.04. The molecule has 0 atom stereocenters. The Morgan fingerprint density at radius 3 is 2.37 bits per heavy atom.